The van der Waals surface area contributed by atoms with Crippen LogP contribution in [0.3, 0.4) is 0 Å². The van der Waals surface area contributed by atoms with Crippen molar-refractivity contribution in [2.24, 2.45) is 27.3 Å². The van der Waals surface area contributed by atoms with Gasteiger partial charge in [0.25, 0.3) is 75.3 Å². The van der Waals surface area contributed by atoms with E-state index in [9.17, 15) is 96.9 Å². The fourth-order valence-electron chi connectivity index (χ4n) is 15.7. The van der Waals surface area contributed by atoms with Gasteiger partial charge in [-0.2, -0.15) is 78.0 Å². The molecule has 4 aliphatic rings. The summed E-state index contributed by atoms with van der Waals surface area (Å²) in [5.74, 6) is -12.6. The molecule has 7 aromatic carbocycles. The molecule has 3 saturated heterocycles. The van der Waals surface area contributed by atoms with Crippen LogP contribution in [0.4, 0.5) is 50.9 Å². The zero-order valence-electron chi connectivity index (χ0n) is 85.2. The molecule has 0 bridgehead atoms. The van der Waals surface area contributed by atoms with Gasteiger partial charge in [0.2, 0.25) is 0 Å². The van der Waals surface area contributed by atoms with Crippen molar-refractivity contribution >= 4 is 123 Å². The van der Waals surface area contributed by atoms with Gasteiger partial charge >= 0.3 is 23.3 Å². The van der Waals surface area contributed by atoms with Crippen molar-refractivity contribution in [2.45, 2.75) is 307 Å². The lowest BCUT2D eigenvalue weighted by Gasteiger charge is -2.36. The number of unbranched alkanes of at least 4 members (excludes halogenated alkanes) is 10. The van der Waals surface area contributed by atoms with Gasteiger partial charge in [-0.3, -0.25) is 0 Å². The molecular weight excluding hydrogens is 2250 g/mol. The Morgan fingerprint density at radius 3 is 1.21 bits per heavy atom. The van der Waals surface area contributed by atoms with Crippen molar-refractivity contribution in [1.82, 2.24) is 19.4 Å². The van der Waals surface area contributed by atoms with E-state index in [1.807, 2.05) is 19.0 Å². The summed E-state index contributed by atoms with van der Waals surface area (Å²) < 4.78 is 250. The molecule has 23 nitrogen and oxygen atoms in total. The maximum Gasteiger partial charge on any atom is 0.460 e. The summed E-state index contributed by atoms with van der Waals surface area (Å²) in [6.07, 6.45) is 23.8. The highest BCUT2D eigenvalue weighted by molar-refractivity contribution is 8.12. The first-order valence-corrected chi connectivity index (χ1v) is 61.8. The van der Waals surface area contributed by atoms with Crippen molar-refractivity contribution in [3.05, 3.63) is 210 Å². The van der Waals surface area contributed by atoms with Crippen LogP contribution in [0, 0.1) is 7.14 Å². The normalized spacial score (nSPS) is 15.3. The average Bonchev–Trinajstić information content (AvgIpc) is 1.58. The van der Waals surface area contributed by atoms with Gasteiger partial charge in [-0.1, -0.05) is 200 Å². The van der Waals surface area contributed by atoms with Crippen LogP contribution in [-0.2, 0) is 103 Å². The molecule has 41 heteroatoms. The van der Waals surface area contributed by atoms with Gasteiger partial charge in [0.15, 0.2) is 27.0 Å². The number of nitrogens with two attached hydrogens (primary N) is 1. The fraction of sp³-hybridized carbons (Fsp3) is 0.529. The van der Waals surface area contributed by atoms with E-state index in [1.165, 1.54) is 194 Å². The molecule has 145 heavy (non-hydrogen) atoms. The minimum absolute atomic E-state index is 0.0399. The van der Waals surface area contributed by atoms with Gasteiger partial charge in [-0.05, 0) is 265 Å². The average molecular weight is 2390 g/mol. The zero-order chi connectivity index (χ0) is 108. The highest BCUT2D eigenvalue weighted by Gasteiger charge is 2.84. The van der Waals surface area contributed by atoms with E-state index in [0.717, 1.165) is 69.9 Å². The molecule has 0 atom stereocenters. The number of para-hydroxylation sites is 2. The number of hydrogen-bond donors (Lipinski definition) is 2. The van der Waals surface area contributed by atoms with Crippen LogP contribution in [0.1, 0.15) is 252 Å². The summed E-state index contributed by atoms with van der Waals surface area (Å²) in [5.41, 5.74) is 14.2. The highest BCUT2D eigenvalue weighted by atomic mass is 127. The summed E-state index contributed by atoms with van der Waals surface area (Å²) in [5, 5.41) is 32.2. The number of benzene rings is 7. The summed E-state index contributed by atoms with van der Waals surface area (Å²) >= 11 is 4.12. The molecule has 5 heterocycles. The Bertz CT molecular complexity index is 6010. The van der Waals surface area contributed by atoms with Crippen LogP contribution >= 0.6 is 0 Å². The van der Waals surface area contributed by atoms with E-state index in [2.05, 4.69) is 257 Å². The van der Waals surface area contributed by atoms with Crippen LogP contribution in [-0.4, -0.2) is 159 Å². The Balaban J connectivity index is 0.000000258. The lowest BCUT2D eigenvalue weighted by Crippen LogP contribution is -3.34. The SMILES string of the molecule is CC([O-])=NS(=O)(=O)c1ccc(N)cc1.CCC(C)(C)c1ccc([IH+])cc1.CCC(C)(C)c1ccc([IH+])cc1.CCCCCCCCC([O-])=NS(=O)(=O)c1ccc(CN(C)C)cc1.CCCCCCCCC([O-])=NS(=O)(=O)c1ccc(N2CCCC2)cc1.Cn1cc([S+]2CCCC2)c2ccccc21.Cn1cc([S+]2CCCC2)c2ccccc21.O=S(=O)(CNC1CCCCC1)[N-]S(=O)(=O)C(F)(F)C(F)(F)C(F)(F)C(F)(F)F. The van der Waals surface area contributed by atoms with Crippen LogP contribution in [0.5, 0.6) is 0 Å². The van der Waals surface area contributed by atoms with E-state index in [4.69, 9.17) is 5.73 Å². The number of nitrogen functional groups attached to an aromatic ring is 1. The fourth-order valence-corrected chi connectivity index (χ4v) is 27.0. The Hall–Kier alpha value is -7.21. The van der Waals surface area contributed by atoms with Crippen LogP contribution < -0.4 is 76.5 Å². The predicted octanol–water partition coefficient (Wildman–Crippen LogP) is 15.0. The van der Waals surface area contributed by atoms with Gasteiger partial charge in [0, 0.05) is 72.9 Å². The number of fused-ring (bicyclic) bond motifs is 2. The van der Waals surface area contributed by atoms with Crippen LogP contribution in [0.15, 0.2) is 220 Å². The van der Waals surface area contributed by atoms with E-state index >= 15 is 0 Å². The molecule has 3 aliphatic heterocycles. The number of hydrogen-bond acceptors (Lipinski definition) is 17. The van der Waals surface area contributed by atoms with Gasteiger partial charge in [0.1, 0.15) is 23.0 Å². The molecule has 0 amide bonds. The number of alkyl halides is 9. The van der Waals surface area contributed by atoms with Gasteiger partial charge in [-0.25, -0.2) is 16.8 Å². The highest BCUT2D eigenvalue weighted by Crippen LogP contribution is 2.56. The van der Waals surface area contributed by atoms with Gasteiger partial charge in [-0.15, -0.1) is 0 Å². The van der Waals surface area contributed by atoms with Crippen molar-refractivity contribution in [3.8, 4) is 0 Å². The Morgan fingerprint density at radius 1 is 0.476 bits per heavy atom. The standard InChI is InChI=1S/C19H30N2O3S.C18H30N2O3S.2C13H16NS.C11H14F9N2O4S2.2C11H16I.C8H10N2O3S/c1-2-3-4-5-6-7-10-19(22)20-25(23,24)18-13-11-17(12-14-18)21-15-8-9-16-21;1-4-5-6-7-8-9-10-18(21)19-24(22,23)17-13-11-16(12-14-17)15-20(2)3;2*1-14-10-13(15-8-4-5-9-15)11-6-2-3-7-12(11)14;12-8(13,10(16,17)18)9(14,15)11(19,20)28(25,26)22-27(23,24)6-21-7-4-2-1-3-5-7;2*1-4-11(2,3)9-5-7-10(12)8-6-9;1-6(11)10-14(12,13)8-4-2-7(9)3-5-8/h11-14H,2-10,15-16H2,1H3,(H,20,22);11-14H,4-10,15H2,1-3H3,(H,19,21);2*2-3,6-7,10H,4-5,8-9H2,1H3;7,21H,1-6H2;2*5-8,12H,4H2,1-3H3;2-5H,9H2,1H3,(H,10,11)/q;;2*+1;-1;2*+1;/p-3. The van der Waals surface area contributed by atoms with Crippen LogP contribution in [0.2, 0.25) is 0 Å². The first-order valence-electron chi connectivity index (χ1n) is 49.0. The lowest BCUT2D eigenvalue weighted by atomic mass is 9.82. The number of sulfonamides is 5. The molecule has 13 rings (SSSR count). The number of anilines is 2. The third-order valence-corrected chi connectivity index (χ3v) is 38.6. The van der Waals surface area contributed by atoms with E-state index < -0.39 is 103 Å². The van der Waals surface area contributed by atoms with Crippen molar-refractivity contribution in [1.29, 1.82) is 0 Å². The first kappa shape index (κ1) is 126. The molecule has 0 spiro atoms. The molecule has 9 aromatic rings. The zero-order valence-corrected chi connectivity index (χ0v) is 95.6. The molecule has 1 saturated carbocycles. The van der Waals surface area contributed by atoms with E-state index in [1.54, 1.807) is 46.2 Å². The summed E-state index contributed by atoms with van der Waals surface area (Å²) in [4.78, 5) is 7.56. The van der Waals surface area contributed by atoms with Gasteiger partial charge < -0.3 is 49.4 Å². The second kappa shape index (κ2) is 59.0. The summed E-state index contributed by atoms with van der Waals surface area (Å²) in [6, 6.07) is 53.5. The van der Waals surface area contributed by atoms with E-state index in [-0.39, 0.29) is 27.5 Å². The van der Waals surface area contributed by atoms with Crippen molar-refractivity contribution in [3.63, 3.8) is 0 Å². The largest absolute Gasteiger partial charge is 0.861 e. The quantitative estimate of drug-likeness (QED) is 0.00694. The molecular formula is C104H145F9I2N10O13S7. The number of nitrogens with one attached hydrogen (secondary N) is 1. The number of aromatic nitrogens is 2. The monoisotopic (exact) mass is 2390 g/mol. The second-order valence-electron chi connectivity index (χ2n) is 37.6. The molecule has 2 aromatic heterocycles. The number of halogens is 11. The molecule has 1 aliphatic carbocycles. The first-order chi connectivity index (χ1) is 67.9. The Morgan fingerprint density at radius 2 is 0.841 bits per heavy atom. The number of nitrogens with zero attached hydrogens (tertiary/aromatic N) is 8. The predicted molar refractivity (Wildman–Crippen MR) is 560 cm³/mol. The van der Waals surface area contributed by atoms with E-state index in [0.29, 0.717) is 76.8 Å². The maximum absolute atomic E-state index is 13.4. The second-order valence-corrected chi connectivity index (χ2v) is 53.1. The summed E-state index contributed by atoms with van der Waals surface area (Å²) in [7, 11) is -15.2. The Labute approximate surface area is 887 Å². The molecule has 0 unspecified atom stereocenters. The van der Waals surface area contributed by atoms with Crippen molar-refractivity contribution in [2.75, 3.05) is 66.7 Å². The smallest absolute Gasteiger partial charge is 0.460 e. The minimum Gasteiger partial charge on any atom is -0.861 e. The third kappa shape index (κ3) is 40.2. The lowest BCUT2D eigenvalue weighted by molar-refractivity contribution is -0.382. The topological polar surface area (TPSA) is 345 Å². The van der Waals surface area contributed by atoms with Crippen LogP contribution in [0.25, 0.3) is 25.9 Å². The minimum atomic E-state index is -7.53. The van der Waals surface area contributed by atoms with Gasteiger partial charge in [0.05, 0.1) is 64.8 Å². The molecule has 4 fully saturated rings. The molecule has 0 radical (unpaired) electrons. The summed E-state index contributed by atoms with van der Waals surface area (Å²) in [6.45, 7) is 21.8. The molecule has 808 valence electrons. The Kier molecular flexibility index (Phi) is 51.4. The third-order valence-electron chi connectivity index (χ3n) is 24.9. The maximum atomic E-state index is 13.4. The number of rotatable bonds is 37. The number of aryl methyl sites for hydroxylation is 2. The molecule has 3 N–H and O–H groups in total. The van der Waals surface area contributed by atoms with Crippen molar-refractivity contribution < 1.29 is 142 Å².